The Morgan fingerprint density at radius 1 is 1.27 bits per heavy atom. The van der Waals surface area contributed by atoms with E-state index in [4.69, 9.17) is 0 Å². The second-order valence-corrected chi connectivity index (χ2v) is 7.37. The van der Waals surface area contributed by atoms with Gasteiger partial charge in [-0.05, 0) is 31.4 Å². The van der Waals surface area contributed by atoms with Gasteiger partial charge in [-0.15, -0.1) is 24.0 Å². The summed E-state index contributed by atoms with van der Waals surface area (Å²) in [5.41, 5.74) is 1.02. The van der Waals surface area contributed by atoms with E-state index >= 15 is 0 Å². The van der Waals surface area contributed by atoms with Gasteiger partial charge in [-0.2, -0.15) is 0 Å². The maximum atomic E-state index is 4.65. The van der Waals surface area contributed by atoms with Gasteiger partial charge in [-0.3, -0.25) is 9.89 Å². The van der Waals surface area contributed by atoms with Gasteiger partial charge in [0.15, 0.2) is 5.96 Å². The smallest absolute Gasteiger partial charge is 0.191 e. The van der Waals surface area contributed by atoms with Crippen molar-refractivity contribution in [2.45, 2.75) is 50.7 Å². The Morgan fingerprint density at radius 2 is 2.04 bits per heavy atom. The number of anilines is 1. The number of nitrogens with zero attached hydrogens (tertiary/aromatic N) is 4. The van der Waals surface area contributed by atoms with Crippen LogP contribution >= 0.6 is 24.0 Å². The highest BCUT2D eigenvalue weighted by Crippen LogP contribution is 2.26. The van der Waals surface area contributed by atoms with Gasteiger partial charge in [0, 0.05) is 46.3 Å². The van der Waals surface area contributed by atoms with Crippen LogP contribution in [-0.4, -0.2) is 62.2 Å². The Bertz CT molecular complexity index is 585. The van der Waals surface area contributed by atoms with E-state index in [0.29, 0.717) is 12.6 Å². The van der Waals surface area contributed by atoms with Crippen LogP contribution in [0.25, 0.3) is 0 Å². The number of guanidine groups is 1. The maximum absolute atomic E-state index is 4.65. The number of aliphatic imine (C=N–C) groups is 1. The maximum Gasteiger partial charge on any atom is 0.191 e. The minimum absolute atomic E-state index is 0. The molecule has 0 aromatic carbocycles. The summed E-state index contributed by atoms with van der Waals surface area (Å²) in [5, 5.41) is 6.99. The monoisotopic (exact) mass is 472 g/mol. The Morgan fingerprint density at radius 3 is 2.73 bits per heavy atom. The molecule has 2 fully saturated rings. The van der Waals surface area contributed by atoms with E-state index in [9.17, 15) is 0 Å². The van der Waals surface area contributed by atoms with Crippen molar-refractivity contribution in [3.63, 3.8) is 0 Å². The van der Waals surface area contributed by atoms with Crippen LogP contribution in [0.3, 0.4) is 0 Å². The van der Waals surface area contributed by atoms with Crippen molar-refractivity contribution in [2.24, 2.45) is 4.99 Å². The normalized spacial score (nSPS) is 21.5. The molecule has 1 saturated heterocycles. The fourth-order valence-electron chi connectivity index (χ4n) is 3.88. The van der Waals surface area contributed by atoms with Gasteiger partial charge in [0.1, 0.15) is 5.82 Å². The SMILES string of the molecule is CN=C(NCc1cccc(N(C)C)n1)NC1CCN(C2CCCC2)C1.I. The van der Waals surface area contributed by atoms with Gasteiger partial charge in [-0.1, -0.05) is 18.9 Å². The predicted molar refractivity (Wildman–Crippen MR) is 120 cm³/mol. The summed E-state index contributed by atoms with van der Waals surface area (Å²) in [5.74, 6) is 1.85. The first kappa shape index (κ1) is 21.2. The molecule has 1 saturated carbocycles. The van der Waals surface area contributed by atoms with Gasteiger partial charge in [0.05, 0.1) is 12.2 Å². The topological polar surface area (TPSA) is 55.8 Å². The number of rotatable bonds is 5. The molecular formula is C19H33IN6. The Hall–Kier alpha value is -1.09. The lowest BCUT2D eigenvalue weighted by Gasteiger charge is -2.24. The lowest BCUT2D eigenvalue weighted by atomic mass is 10.2. The molecule has 3 rings (SSSR count). The third-order valence-electron chi connectivity index (χ3n) is 5.31. The van der Waals surface area contributed by atoms with E-state index in [0.717, 1.165) is 30.1 Å². The number of nitrogens with one attached hydrogen (secondary N) is 2. The van der Waals surface area contributed by atoms with Gasteiger partial charge in [-0.25, -0.2) is 4.98 Å². The molecule has 2 N–H and O–H groups in total. The molecule has 0 radical (unpaired) electrons. The second kappa shape index (κ2) is 10.3. The fourth-order valence-corrected chi connectivity index (χ4v) is 3.88. The highest BCUT2D eigenvalue weighted by molar-refractivity contribution is 14.0. The highest BCUT2D eigenvalue weighted by atomic mass is 127. The van der Waals surface area contributed by atoms with Crippen molar-refractivity contribution < 1.29 is 0 Å². The van der Waals surface area contributed by atoms with E-state index in [1.807, 2.05) is 44.2 Å². The van der Waals surface area contributed by atoms with E-state index in [2.05, 4.69) is 25.5 Å². The average Bonchev–Trinajstić information content (AvgIpc) is 3.30. The third kappa shape index (κ3) is 5.70. The lowest BCUT2D eigenvalue weighted by molar-refractivity contribution is 0.242. The summed E-state index contributed by atoms with van der Waals surface area (Å²) in [6.45, 7) is 3.03. The molecule has 26 heavy (non-hydrogen) atoms. The van der Waals surface area contributed by atoms with Gasteiger partial charge < -0.3 is 15.5 Å². The fraction of sp³-hybridized carbons (Fsp3) is 0.684. The van der Waals surface area contributed by atoms with Crippen molar-refractivity contribution in [3.05, 3.63) is 23.9 Å². The molecule has 146 valence electrons. The molecule has 7 heteroatoms. The molecule has 2 aliphatic rings. The molecule has 1 aromatic rings. The summed E-state index contributed by atoms with van der Waals surface area (Å²) in [6, 6.07) is 7.43. The molecule has 0 amide bonds. The van der Waals surface area contributed by atoms with Gasteiger partial charge >= 0.3 is 0 Å². The Balaban J connectivity index is 0.00000243. The predicted octanol–water partition coefficient (Wildman–Crippen LogP) is 2.45. The quantitative estimate of drug-likeness (QED) is 0.392. The number of likely N-dealkylation sites (tertiary alicyclic amines) is 1. The van der Waals surface area contributed by atoms with Gasteiger partial charge in [0.25, 0.3) is 0 Å². The van der Waals surface area contributed by atoms with Crippen LogP contribution in [0.1, 0.15) is 37.8 Å². The van der Waals surface area contributed by atoms with Crippen molar-refractivity contribution in [3.8, 4) is 0 Å². The summed E-state index contributed by atoms with van der Waals surface area (Å²) in [7, 11) is 5.86. The van der Waals surface area contributed by atoms with Crippen LogP contribution in [0.5, 0.6) is 0 Å². The van der Waals surface area contributed by atoms with E-state index in [1.54, 1.807) is 0 Å². The number of hydrogen-bond donors (Lipinski definition) is 2. The number of hydrogen-bond acceptors (Lipinski definition) is 4. The number of halogens is 1. The summed E-state index contributed by atoms with van der Waals surface area (Å²) in [6.07, 6.45) is 6.77. The van der Waals surface area contributed by atoms with Crippen LogP contribution < -0.4 is 15.5 Å². The highest BCUT2D eigenvalue weighted by Gasteiger charge is 2.30. The first-order valence-corrected chi connectivity index (χ1v) is 9.50. The molecule has 0 spiro atoms. The van der Waals surface area contributed by atoms with Gasteiger partial charge in [0.2, 0.25) is 0 Å². The molecule has 0 bridgehead atoms. The number of aromatic nitrogens is 1. The lowest BCUT2D eigenvalue weighted by Crippen LogP contribution is -2.45. The second-order valence-electron chi connectivity index (χ2n) is 7.37. The largest absolute Gasteiger partial charge is 0.363 e. The van der Waals surface area contributed by atoms with Crippen LogP contribution in [0.2, 0.25) is 0 Å². The first-order valence-electron chi connectivity index (χ1n) is 9.50. The average molecular weight is 472 g/mol. The zero-order chi connectivity index (χ0) is 17.6. The minimum Gasteiger partial charge on any atom is -0.363 e. The zero-order valence-electron chi connectivity index (χ0n) is 16.2. The Kier molecular flexibility index (Phi) is 8.40. The van der Waals surface area contributed by atoms with Crippen LogP contribution in [0.4, 0.5) is 5.82 Å². The van der Waals surface area contributed by atoms with Crippen LogP contribution in [0.15, 0.2) is 23.2 Å². The van der Waals surface area contributed by atoms with Crippen molar-refractivity contribution in [1.29, 1.82) is 0 Å². The summed E-state index contributed by atoms with van der Waals surface area (Å²) in [4.78, 5) is 13.7. The van der Waals surface area contributed by atoms with Crippen LogP contribution in [0, 0.1) is 0 Å². The van der Waals surface area contributed by atoms with Crippen molar-refractivity contribution in [2.75, 3.05) is 39.1 Å². The summed E-state index contributed by atoms with van der Waals surface area (Å²) >= 11 is 0. The van der Waals surface area contributed by atoms with Crippen LogP contribution in [-0.2, 0) is 6.54 Å². The minimum atomic E-state index is 0. The van der Waals surface area contributed by atoms with E-state index in [1.165, 1.54) is 38.6 Å². The molecule has 1 aliphatic carbocycles. The van der Waals surface area contributed by atoms with E-state index < -0.39 is 0 Å². The van der Waals surface area contributed by atoms with Crippen molar-refractivity contribution >= 4 is 35.8 Å². The zero-order valence-corrected chi connectivity index (χ0v) is 18.6. The molecule has 1 aromatic heterocycles. The number of pyridine rings is 1. The molecule has 1 aliphatic heterocycles. The molecule has 2 heterocycles. The standard InChI is InChI=1S/C19H32N6.HI/c1-20-19(21-13-15-7-6-10-18(22-15)24(2)3)23-16-11-12-25(14-16)17-8-4-5-9-17;/h6-7,10,16-17H,4-5,8-9,11-14H2,1-3H3,(H2,20,21,23);1H. The Labute approximate surface area is 174 Å². The molecular weight excluding hydrogens is 439 g/mol. The molecule has 1 unspecified atom stereocenters. The summed E-state index contributed by atoms with van der Waals surface area (Å²) < 4.78 is 0. The van der Waals surface area contributed by atoms with E-state index in [-0.39, 0.29) is 24.0 Å². The third-order valence-corrected chi connectivity index (χ3v) is 5.31. The van der Waals surface area contributed by atoms with Crippen molar-refractivity contribution in [1.82, 2.24) is 20.5 Å². The molecule has 1 atom stereocenters. The molecule has 6 nitrogen and oxygen atoms in total. The first-order chi connectivity index (χ1) is 12.2.